The molecule has 1 fully saturated rings. The van der Waals surface area contributed by atoms with Crippen molar-refractivity contribution in [2.75, 3.05) is 0 Å². The lowest BCUT2D eigenvalue weighted by Gasteiger charge is -2.39. The third-order valence-corrected chi connectivity index (χ3v) is 4.93. The number of carboxylic acid groups (broad SMARTS) is 1. The van der Waals surface area contributed by atoms with Crippen LogP contribution in [-0.2, 0) is 10.2 Å². The fraction of sp³-hybridized carbons (Fsp3) is 0.462. The summed E-state index contributed by atoms with van der Waals surface area (Å²) in [4.78, 5) is 11.4. The van der Waals surface area contributed by atoms with Gasteiger partial charge in [0.05, 0.1) is 5.41 Å². The summed E-state index contributed by atoms with van der Waals surface area (Å²) in [7, 11) is 0. The number of hydrogen-bond acceptors (Lipinski definition) is 1. The van der Waals surface area contributed by atoms with E-state index in [9.17, 15) is 9.90 Å². The van der Waals surface area contributed by atoms with E-state index in [1.807, 2.05) is 26.0 Å². The van der Waals surface area contributed by atoms with Gasteiger partial charge in [0, 0.05) is 4.47 Å². The monoisotopic (exact) mass is 282 g/mol. The molecule has 0 heterocycles. The second-order valence-corrected chi connectivity index (χ2v) is 5.40. The quantitative estimate of drug-likeness (QED) is 0.900. The highest BCUT2D eigenvalue weighted by Gasteiger charge is 2.46. The highest BCUT2D eigenvalue weighted by molar-refractivity contribution is 9.10. The van der Waals surface area contributed by atoms with E-state index in [0.29, 0.717) is 0 Å². The van der Waals surface area contributed by atoms with Crippen LogP contribution >= 0.6 is 15.9 Å². The summed E-state index contributed by atoms with van der Waals surface area (Å²) in [6, 6.07) is 3.97. The summed E-state index contributed by atoms with van der Waals surface area (Å²) < 4.78 is 1.04. The maximum Gasteiger partial charge on any atom is 0.314 e. The van der Waals surface area contributed by atoms with Crippen molar-refractivity contribution < 1.29 is 9.90 Å². The van der Waals surface area contributed by atoms with Gasteiger partial charge in [-0.25, -0.2) is 0 Å². The van der Waals surface area contributed by atoms with E-state index in [1.165, 1.54) is 0 Å². The average Bonchev–Trinajstić information content (AvgIpc) is 2.16. The summed E-state index contributed by atoms with van der Waals surface area (Å²) in [5.41, 5.74) is 2.58. The molecule has 1 aromatic rings. The predicted octanol–water partition coefficient (Wildman–Crippen LogP) is 3.57. The molecule has 1 aromatic carbocycles. The zero-order chi connectivity index (χ0) is 11.9. The van der Waals surface area contributed by atoms with Crippen LogP contribution in [0.15, 0.2) is 16.6 Å². The van der Waals surface area contributed by atoms with Crippen LogP contribution in [0.3, 0.4) is 0 Å². The molecule has 0 unspecified atom stereocenters. The Kier molecular flexibility index (Phi) is 2.82. The first kappa shape index (κ1) is 11.6. The molecule has 0 amide bonds. The molecule has 0 radical (unpaired) electrons. The van der Waals surface area contributed by atoms with E-state index in [1.54, 1.807) is 0 Å². The number of hydrogen-bond donors (Lipinski definition) is 1. The van der Waals surface area contributed by atoms with Crippen molar-refractivity contribution in [2.45, 2.75) is 38.5 Å². The zero-order valence-corrected chi connectivity index (χ0v) is 11.1. The van der Waals surface area contributed by atoms with Gasteiger partial charge in [-0.05, 0) is 43.4 Å². The van der Waals surface area contributed by atoms with E-state index in [0.717, 1.165) is 40.4 Å². The van der Waals surface area contributed by atoms with Crippen LogP contribution in [0.25, 0.3) is 0 Å². The van der Waals surface area contributed by atoms with Gasteiger partial charge in [-0.1, -0.05) is 34.5 Å². The lowest BCUT2D eigenvalue weighted by molar-refractivity contribution is -0.147. The lowest BCUT2D eigenvalue weighted by atomic mass is 9.63. The van der Waals surface area contributed by atoms with Gasteiger partial charge in [-0.3, -0.25) is 4.79 Å². The molecule has 0 saturated heterocycles. The Balaban J connectivity index is 2.56. The minimum atomic E-state index is -0.683. The second-order valence-electron chi connectivity index (χ2n) is 4.61. The molecular formula is C13H15BrO2. The molecule has 2 rings (SSSR count). The van der Waals surface area contributed by atoms with Crippen LogP contribution < -0.4 is 0 Å². The van der Waals surface area contributed by atoms with E-state index in [4.69, 9.17) is 0 Å². The van der Waals surface area contributed by atoms with Crippen LogP contribution in [0.4, 0.5) is 0 Å². The fourth-order valence-electron chi connectivity index (χ4n) is 2.47. The van der Waals surface area contributed by atoms with Crippen molar-refractivity contribution in [1.82, 2.24) is 0 Å². The normalized spacial score (nSPS) is 17.9. The van der Waals surface area contributed by atoms with Gasteiger partial charge in [0.1, 0.15) is 0 Å². The summed E-state index contributed by atoms with van der Waals surface area (Å²) in [5, 5.41) is 9.41. The zero-order valence-electron chi connectivity index (χ0n) is 9.51. The van der Waals surface area contributed by atoms with Gasteiger partial charge in [-0.2, -0.15) is 0 Å². The molecule has 16 heavy (non-hydrogen) atoms. The highest BCUT2D eigenvalue weighted by Crippen LogP contribution is 2.46. The summed E-state index contributed by atoms with van der Waals surface area (Å²) in [5.74, 6) is -0.683. The third kappa shape index (κ3) is 1.49. The van der Waals surface area contributed by atoms with Gasteiger partial charge < -0.3 is 5.11 Å². The van der Waals surface area contributed by atoms with Crippen LogP contribution in [0, 0.1) is 13.8 Å². The minimum absolute atomic E-state index is 0.625. The molecule has 1 N–H and O–H groups in total. The molecule has 2 nitrogen and oxygen atoms in total. The molecule has 0 aliphatic heterocycles. The number of carboxylic acids is 1. The van der Waals surface area contributed by atoms with Crippen molar-refractivity contribution in [2.24, 2.45) is 0 Å². The predicted molar refractivity (Wildman–Crippen MR) is 66.8 cm³/mol. The van der Waals surface area contributed by atoms with Crippen molar-refractivity contribution in [3.8, 4) is 0 Å². The summed E-state index contributed by atoms with van der Waals surface area (Å²) in [6.45, 7) is 4.02. The SMILES string of the molecule is Cc1ccc(C2(C(=O)O)CCC2)c(C)c1Br. The topological polar surface area (TPSA) is 37.3 Å². The summed E-state index contributed by atoms with van der Waals surface area (Å²) in [6.07, 6.45) is 2.54. The van der Waals surface area contributed by atoms with Gasteiger partial charge >= 0.3 is 5.97 Å². The lowest BCUT2D eigenvalue weighted by Crippen LogP contribution is -2.42. The van der Waals surface area contributed by atoms with Crippen molar-refractivity contribution >= 4 is 21.9 Å². The Morgan fingerprint density at radius 2 is 2.00 bits per heavy atom. The third-order valence-electron chi connectivity index (χ3n) is 3.71. The average molecular weight is 283 g/mol. The number of aliphatic carboxylic acids is 1. The smallest absolute Gasteiger partial charge is 0.314 e. The minimum Gasteiger partial charge on any atom is -0.481 e. The Hall–Kier alpha value is -0.830. The first-order valence-electron chi connectivity index (χ1n) is 5.48. The molecule has 1 saturated carbocycles. The molecule has 3 heteroatoms. The first-order chi connectivity index (χ1) is 7.49. The van der Waals surface area contributed by atoms with E-state index < -0.39 is 11.4 Å². The van der Waals surface area contributed by atoms with Crippen LogP contribution in [-0.4, -0.2) is 11.1 Å². The maximum atomic E-state index is 11.4. The maximum absolute atomic E-state index is 11.4. The standard InChI is InChI=1S/C13H15BrO2/c1-8-4-5-10(9(2)11(8)14)13(12(15)16)6-3-7-13/h4-5H,3,6-7H2,1-2H3,(H,15,16). The van der Waals surface area contributed by atoms with Crippen LogP contribution in [0.5, 0.6) is 0 Å². The van der Waals surface area contributed by atoms with Crippen molar-refractivity contribution in [1.29, 1.82) is 0 Å². The molecule has 0 aromatic heterocycles. The Morgan fingerprint density at radius 3 is 2.44 bits per heavy atom. The number of benzene rings is 1. The van der Waals surface area contributed by atoms with Crippen LogP contribution in [0.1, 0.15) is 36.0 Å². The summed E-state index contributed by atoms with van der Waals surface area (Å²) >= 11 is 3.53. The number of aryl methyl sites for hydroxylation is 1. The number of carbonyl (C=O) groups is 1. The van der Waals surface area contributed by atoms with E-state index >= 15 is 0 Å². The van der Waals surface area contributed by atoms with Gasteiger partial charge in [-0.15, -0.1) is 0 Å². The number of rotatable bonds is 2. The number of halogens is 1. The van der Waals surface area contributed by atoms with Crippen molar-refractivity contribution in [3.05, 3.63) is 33.3 Å². The largest absolute Gasteiger partial charge is 0.481 e. The molecule has 86 valence electrons. The second kappa shape index (κ2) is 3.88. The molecular weight excluding hydrogens is 268 g/mol. The van der Waals surface area contributed by atoms with E-state index in [2.05, 4.69) is 15.9 Å². The van der Waals surface area contributed by atoms with Gasteiger partial charge in [0.15, 0.2) is 0 Å². The Morgan fingerprint density at radius 1 is 1.38 bits per heavy atom. The molecule has 1 aliphatic carbocycles. The molecule has 0 bridgehead atoms. The molecule has 0 spiro atoms. The van der Waals surface area contributed by atoms with Gasteiger partial charge in [0.25, 0.3) is 0 Å². The Bertz CT molecular complexity index is 447. The molecule has 0 atom stereocenters. The Labute approximate surface area is 104 Å². The first-order valence-corrected chi connectivity index (χ1v) is 6.28. The molecule has 1 aliphatic rings. The van der Waals surface area contributed by atoms with E-state index in [-0.39, 0.29) is 0 Å². The van der Waals surface area contributed by atoms with Crippen molar-refractivity contribution in [3.63, 3.8) is 0 Å². The highest BCUT2D eigenvalue weighted by atomic mass is 79.9. The van der Waals surface area contributed by atoms with Crippen LogP contribution in [0.2, 0.25) is 0 Å². The van der Waals surface area contributed by atoms with Gasteiger partial charge in [0.2, 0.25) is 0 Å². The fourth-order valence-corrected chi connectivity index (χ4v) is 2.81.